The van der Waals surface area contributed by atoms with Crippen LogP contribution in [0.5, 0.6) is 0 Å². The average molecular weight is 241 g/mol. The molecule has 0 aromatic carbocycles. The molecule has 1 heteroatoms. The Morgan fingerprint density at radius 3 is 2.24 bits per heavy atom. The molecular weight excluding hydrogens is 206 g/mol. The lowest BCUT2D eigenvalue weighted by molar-refractivity contribution is 0.208. The summed E-state index contributed by atoms with van der Waals surface area (Å²) in [6.45, 7) is 14.1. The van der Waals surface area contributed by atoms with Crippen LogP contribution < -0.4 is 5.32 Å². The molecule has 2 unspecified atom stereocenters. The predicted octanol–water partition coefficient (Wildman–Crippen LogP) is 5.01. The van der Waals surface area contributed by atoms with E-state index in [1.165, 1.54) is 58.0 Å². The van der Waals surface area contributed by atoms with Crippen molar-refractivity contribution in [2.45, 2.75) is 79.6 Å². The maximum atomic E-state index is 3.61. The van der Waals surface area contributed by atoms with Crippen molar-refractivity contribution in [2.24, 2.45) is 11.3 Å². The molecule has 0 radical (unpaired) electrons. The third-order valence-corrected chi connectivity index (χ3v) is 4.16. The minimum Gasteiger partial charge on any atom is -0.316 e. The molecule has 0 saturated heterocycles. The summed E-state index contributed by atoms with van der Waals surface area (Å²) in [7, 11) is 0. The maximum absolute atomic E-state index is 3.61. The van der Waals surface area contributed by atoms with Gasteiger partial charge in [-0.3, -0.25) is 0 Å². The van der Waals surface area contributed by atoms with E-state index in [9.17, 15) is 0 Å². The zero-order valence-electron chi connectivity index (χ0n) is 12.9. The molecule has 1 nitrogen and oxygen atoms in total. The molecule has 0 aliphatic heterocycles. The van der Waals surface area contributed by atoms with E-state index in [0.717, 1.165) is 5.92 Å². The first-order chi connectivity index (χ1) is 8.11. The monoisotopic (exact) mass is 241 g/mol. The van der Waals surface area contributed by atoms with E-state index >= 15 is 0 Å². The molecule has 0 aliphatic rings. The van der Waals surface area contributed by atoms with Gasteiger partial charge in [-0.2, -0.15) is 0 Å². The van der Waals surface area contributed by atoms with Gasteiger partial charge < -0.3 is 5.32 Å². The Morgan fingerprint density at radius 1 is 1.06 bits per heavy atom. The summed E-state index contributed by atoms with van der Waals surface area (Å²) in [5, 5.41) is 3.61. The van der Waals surface area contributed by atoms with Crippen molar-refractivity contribution in [3.05, 3.63) is 0 Å². The first kappa shape index (κ1) is 17.0. The fourth-order valence-corrected chi connectivity index (χ4v) is 2.55. The fraction of sp³-hybridized carbons (Fsp3) is 1.00. The van der Waals surface area contributed by atoms with Crippen LogP contribution >= 0.6 is 0 Å². The number of rotatable bonds is 11. The number of hydrogen-bond acceptors (Lipinski definition) is 1. The van der Waals surface area contributed by atoms with E-state index in [-0.39, 0.29) is 0 Å². The van der Waals surface area contributed by atoms with Gasteiger partial charge in [0.05, 0.1) is 0 Å². The highest BCUT2D eigenvalue weighted by Gasteiger charge is 2.25. The van der Waals surface area contributed by atoms with Gasteiger partial charge in [0, 0.05) is 6.54 Å². The number of unbranched alkanes of at least 4 members (excludes halogenated alkanes) is 1. The molecular formula is C16H35N. The molecule has 0 aromatic heterocycles. The summed E-state index contributed by atoms with van der Waals surface area (Å²) in [6.07, 6.45) is 9.46. The predicted molar refractivity (Wildman–Crippen MR) is 79.5 cm³/mol. The minimum atomic E-state index is 0.504. The Bertz CT molecular complexity index is 167. The summed E-state index contributed by atoms with van der Waals surface area (Å²) in [4.78, 5) is 0. The van der Waals surface area contributed by atoms with Crippen molar-refractivity contribution in [2.75, 3.05) is 13.1 Å². The van der Waals surface area contributed by atoms with Crippen molar-refractivity contribution >= 4 is 0 Å². The molecule has 0 aliphatic carbocycles. The quantitative estimate of drug-likeness (QED) is 0.501. The third-order valence-electron chi connectivity index (χ3n) is 4.16. The molecule has 0 aromatic rings. The summed E-state index contributed by atoms with van der Waals surface area (Å²) in [5.74, 6) is 0.934. The van der Waals surface area contributed by atoms with Crippen molar-refractivity contribution in [1.29, 1.82) is 0 Å². The second kappa shape index (κ2) is 9.94. The Morgan fingerprint density at radius 2 is 1.76 bits per heavy atom. The van der Waals surface area contributed by atoms with Crippen molar-refractivity contribution in [3.63, 3.8) is 0 Å². The van der Waals surface area contributed by atoms with Gasteiger partial charge in [-0.1, -0.05) is 60.3 Å². The normalized spacial score (nSPS) is 16.8. The Kier molecular flexibility index (Phi) is 9.91. The van der Waals surface area contributed by atoms with Crippen LogP contribution in [0.15, 0.2) is 0 Å². The highest BCUT2D eigenvalue weighted by atomic mass is 14.9. The second-order valence-corrected chi connectivity index (χ2v) is 5.96. The van der Waals surface area contributed by atoms with E-state index < -0.39 is 0 Å². The molecule has 1 N–H and O–H groups in total. The SMILES string of the molecule is CCCCC(CC)CC(C)(CC)CNCCC. The van der Waals surface area contributed by atoms with E-state index in [1.54, 1.807) is 0 Å². The Labute approximate surface area is 110 Å². The topological polar surface area (TPSA) is 12.0 Å². The summed E-state index contributed by atoms with van der Waals surface area (Å²) in [6, 6.07) is 0. The van der Waals surface area contributed by atoms with Gasteiger partial charge in [0.25, 0.3) is 0 Å². The minimum absolute atomic E-state index is 0.504. The molecule has 0 heterocycles. The standard InChI is InChI=1S/C16H35N/c1-6-10-11-15(8-3)13-16(5,9-4)14-17-12-7-2/h15,17H,6-14H2,1-5H3. The lowest BCUT2D eigenvalue weighted by Crippen LogP contribution is -2.33. The number of nitrogens with one attached hydrogen (secondary N) is 1. The van der Waals surface area contributed by atoms with Crippen molar-refractivity contribution < 1.29 is 0 Å². The highest BCUT2D eigenvalue weighted by Crippen LogP contribution is 2.32. The van der Waals surface area contributed by atoms with Gasteiger partial charge in [0.1, 0.15) is 0 Å². The Hall–Kier alpha value is -0.0400. The van der Waals surface area contributed by atoms with Crippen LogP contribution in [0, 0.1) is 11.3 Å². The molecule has 0 saturated carbocycles. The van der Waals surface area contributed by atoms with Gasteiger partial charge in [0.2, 0.25) is 0 Å². The van der Waals surface area contributed by atoms with Crippen LogP contribution in [0.2, 0.25) is 0 Å². The van der Waals surface area contributed by atoms with Gasteiger partial charge in [-0.15, -0.1) is 0 Å². The smallest absolute Gasteiger partial charge is 0.000516 e. The van der Waals surface area contributed by atoms with Crippen LogP contribution in [0.25, 0.3) is 0 Å². The largest absolute Gasteiger partial charge is 0.316 e. The summed E-state index contributed by atoms with van der Waals surface area (Å²) >= 11 is 0. The van der Waals surface area contributed by atoms with Gasteiger partial charge >= 0.3 is 0 Å². The first-order valence-electron chi connectivity index (χ1n) is 7.82. The number of hydrogen-bond donors (Lipinski definition) is 1. The Balaban J connectivity index is 4.11. The average Bonchev–Trinajstić information content (AvgIpc) is 2.35. The second-order valence-electron chi connectivity index (χ2n) is 5.96. The van der Waals surface area contributed by atoms with Crippen LogP contribution in [0.1, 0.15) is 79.6 Å². The van der Waals surface area contributed by atoms with Crippen molar-refractivity contribution in [3.8, 4) is 0 Å². The molecule has 17 heavy (non-hydrogen) atoms. The van der Waals surface area contributed by atoms with E-state index in [1.807, 2.05) is 0 Å². The molecule has 2 atom stereocenters. The zero-order chi connectivity index (χ0) is 13.1. The molecule has 0 rings (SSSR count). The van der Waals surface area contributed by atoms with Gasteiger partial charge in [0.15, 0.2) is 0 Å². The van der Waals surface area contributed by atoms with E-state index in [4.69, 9.17) is 0 Å². The van der Waals surface area contributed by atoms with Crippen LogP contribution in [-0.4, -0.2) is 13.1 Å². The third kappa shape index (κ3) is 7.81. The summed E-state index contributed by atoms with van der Waals surface area (Å²) in [5.41, 5.74) is 0.504. The molecule has 0 spiro atoms. The molecule has 0 amide bonds. The molecule has 0 bridgehead atoms. The fourth-order valence-electron chi connectivity index (χ4n) is 2.55. The van der Waals surface area contributed by atoms with Crippen LogP contribution in [0.4, 0.5) is 0 Å². The summed E-state index contributed by atoms with van der Waals surface area (Å²) < 4.78 is 0. The highest BCUT2D eigenvalue weighted by molar-refractivity contribution is 4.78. The van der Waals surface area contributed by atoms with E-state index in [2.05, 4.69) is 39.9 Å². The zero-order valence-corrected chi connectivity index (χ0v) is 12.9. The van der Waals surface area contributed by atoms with Crippen LogP contribution in [0.3, 0.4) is 0 Å². The maximum Gasteiger partial charge on any atom is 0.000516 e. The van der Waals surface area contributed by atoms with Crippen LogP contribution in [-0.2, 0) is 0 Å². The van der Waals surface area contributed by atoms with E-state index in [0.29, 0.717) is 5.41 Å². The van der Waals surface area contributed by atoms with Gasteiger partial charge in [-0.05, 0) is 37.1 Å². The lowest BCUT2D eigenvalue weighted by atomic mass is 9.76. The first-order valence-corrected chi connectivity index (χ1v) is 7.82. The van der Waals surface area contributed by atoms with Crippen molar-refractivity contribution in [1.82, 2.24) is 5.32 Å². The lowest BCUT2D eigenvalue weighted by Gasteiger charge is -2.32. The molecule has 0 fully saturated rings. The van der Waals surface area contributed by atoms with Gasteiger partial charge in [-0.25, -0.2) is 0 Å². The molecule has 104 valence electrons.